The van der Waals surface area contributed by atoms with Crippen molar-refractivity contribution in [3.8, 4) is 11.3 Å². The maximum Gasteiger partial charge on any atom is 0.241 e. The lowest BCUT2D eigenvalue weighted by Gasteiger charge is -2.35. The number of aryl methyl sites for hydroxylation is 1. The van der Waals surface area contributed by atoms with Crippen molar-refractivity contribution in [1.82, 2.24) is 14.9 Å². The second kappa shape index (κ2) is 8.57. The zero-order valence-corrected chi connectivity index (χ0v) is 19.0. The molecule has 0 spiro atoms. The van der Waals surface area contributed by atoms with Crippen LogP contribution in [0.2, 0.25) is 5.02 Å². The third-order valence-corrected chi connectivity index (χ3v) is 6.95. The van der Waals surface area contributed by atoms with E-state index in [2.05, 4.69) is 43.3 Å². The first-order chi connectivity index (χ1) is 15.1. The molecule has 6 nitrogen and oxygen atoms in total. The Morgan fingerprint density at radius 2 is 1.97 bits per heavy atom. The molecular formula is C23H24ClN5OS. The molecule has 0 radical (unpaired) electrons. The Morgan fingerprint density at radius 1 is 1.13 bits per heavy atom. The first kappa shape index (κ1) is 20.4. The summed E-state index contributed by atoms with van der Waals surface area (Å²) in [4.78, 5) is 28.5. The summed E-state index contributed by atoms with van der Waals surface area (Å²) in [6.45, 7) is 6.63. The predicted octanol–water partition coefficient (Wildman–Crippen LogP) is 3.88. The van der Waals surface area contributed by atoms with Gasteiger partial charge in [0.05, 0.1) is 22.3 Å². The molecule has 1 amide bonds. The molecule has 3 aromatic rings. The summed E-state index contributed by atoms with van der Waals surface area (Å²) >= 11 is 7.60. The van der Waals surface area contributed by atoms with E-state index >= 15 is 0 Å². The van der Waals surface area contributed by atoms with Crippen LogP contribution in [0.5, 0.6) is 0 Å². The zero-order valence-electron chi connectivity index (χ0n) is 17.4. The second-order valence-corrected chi connectivity index (χ2v) is 9.49. The van der Waals surface area contributed by atoms with Gasteiger partial charge in [-0.1, -0.05) is 17.7 Å². The van der Waals surface area contributed by atoms with E-state index in [1.807, 2.05) is 24.0 Å². The number of halogens is 1. The van der Waals surface area contributed by atoms with Gasteiger partial charge in [-0.15, -0.1) is 11.3 Å². The Hall–Kier alpha value is -2.48. The van der Waals surface area contributed by atoms with Gasteiger partial charge in [-0.05, 0) is 43.2 Å². The van der Waals surface area contributed by atoms with Crippen LogP contribution in [0.1, 0.15) is 10.6 Å². The first-order valence-corrected chi connectivity index (χ1v) is 11.8. The molecule has 0 unspecified atom stereocenters. The van der Waals surface area contributed by atoms with Gasteiger partial charge < -0.3 is 9.80 Å². The summed E-state index contributed by atoms with van der Waals surface area (Å²) in [5.74, 6) is 1.11. The molecule has 2 aliphatic rings. The Morgan fingerprint density at radius 3 is 2.68 bits per heavy atom. The van der Waals surface area contributed by atoms with Crippen LogP contribution >= 0.6 is 22.9 Å². The third-order valence-electron chi connectivity index (χ3n) is 5.96. The average Bonchev–Trinajstić information content (AvgIpc) is 3.40. The highest BCUT2D eigenvalue weighted by Gasteiger charge is 2.28. The van der Waals surface area contributed by atoms with E-state index < -0.39 is 0 Å². The lowest BCUT2D eigenvalue weighted by molar-refractivity contribution is -0.119. The monoisotopic (exact) mass is 453 g/mol. The van der Waals surface area contributed by atoms with Gasteiger partial charge in [0.1, 0.15) is 5.82 Å². The average molecular weight is 454 g/mol. The number of anilines is 2. The second-order valence-electron chi connectivity index (χ2n) is 7.99. The molecule has 2 aromatic heterocycles. The number of pyridine rings is 1. The molecule has 1 saturated heterocycles. The Bertz CT molecular complexity index is 1090. The topological polar surface area (TPSA) is 52.6 Å². The molecule has 5 rings (SSSR count). The number of carbonyl (C=O) groups excluding carboxylic acids is 1. The molecule has 1 fully saturated rings. The Kier molecular flexibility index (Phi) is 5.65. The number of benzene rings is 1. The van der Waals surface area contributed by atoms with Gasteiger partial charge in [0.15, 0.2) is 0 Å². The van der Waals surface area contributed by atoms with Crippen molar-refractivity contribution < 1.29 is 4.79 Å². The predicted molar refractivity (Wildman–Crippen MR) is 126 cm³/mol. The van der Waals surface area contributed by atoms with Crippen LogP contribution < -0.4 is 9.80 Å². The highest BCUT2D eigenvalue weighted by molar-refractivity contribution is 7.09. The lowest BCUT2D eigenvalue weighted by atomic mass is 10.1. The van der Waals surface area contributed by atoms with Crippen molar-refractivity contribution in [2.75, 3.05) is 49.1 Å². The van der Waals surface area contributed by atoms with Crippen LogP contribution in [0.3, 0.4) is 0 Å². The summed E-state index contributed by atoms with van der Waals surface area (Å²) in [5.41, 5.74) is 4.42. The van der Waals surface area contributed by atoms with Crippen LogP contribution in [0.25, 0.3) is 11.3 Å². The first-order valence-electron chi connectivity index (χ1n) is 10.5. The number of nitrogens with zero attached hydrogens (tertiary/aromatic N) is 5. The van der Waals surface area contributed by atoms with Gasteiger partial charge in [0, 0.05) is 55.6 Å². The molecular weight excluding hydrogens is 430 g/mol. The van der Waals surface area contributed by atoms with Gasteiger partial charge in [-0.3, -0.25) is 9.69 Å². The minimum Gasteiger partial charge on any atom is -0.354 e. The maximum absolute atomic E-state index is 13.1. The van der Waals surface area contributed by atoms with Crippen molar-refractivity contribution >= 4 is 40.4 Å². The molecule has 31 heavy (non-hydrogen) atoms. The fraction of sp³-hybridized carbons (Fsp3) is 0.348. The van der Waals surface area contributed by atoms with E-state index in [4.69, 9.17) is 11.6 Å². The summed E-state index contributed by atoms with van der Waals surface area (Å²) in [6, 6.07) is 10.2. The molecule has 0 bridgehead atoms. The summed E-state index contributed by atoms with van der Waals surface area (Å²) in [7, 11) is 0. The SMILES string of the molecule is Cc1nc(-c2ccc3c(c2)CCN3C(=O)CN2CCN(c3ccc(Cl)cn3)CC2)cs1. The summed E-state index contributed by atoms with van der Waals surface area (Å²) < 4.78 is 0. The highest BCUT2D eigenvalue weighted by atomic mass is 35.5. The third kappa shape index (κ3) is 4.31. The number of rotatable bonds is 4. The van der Waals surface area contributed by atoms with Crippen molar-refractivity contribution in [1.29, 1.82) is 0 Å². The van der Waals surface area contributed by atoms with Gasteiger partial charge in [-0.2, -0.15) is 0 Å². The molecule has 0 N–H and O–H groups in total. The smallest absolute Gasteiger partial charge is 0.241 e. The Labute approximate surface area is 191 Å². The minimum atomic E-state index is 0.175. The number of aromatic nitrogens is 2. The number of thiazole rings is 1. The molecule has 8 heteroatoms. The van der Waals surface area contributed by atoms with Crippen molar-refractivity contribution in [3.63, 3.8) is 0 Å². The number of fused-ring (bicyclic) bond motifs is 1. The van der Waals surface area contributed by atoms with Gasteiger partial charge in [0.25, 0.3) is 0 Å². The van der Waals surface area contributed by atoms with Crippen LogP contribution in [-0.2, 0) is 11.2 Å². The molecule has 0 saturated carbocycles. The van der Waals surface area contributed by atoms with Crippen molar-refractivity contribution in [2.24, 2.45) is 0 Å². The van der Waals surface area contributed by atoms with Crippen molar-refractivity contribution in [2.45, 2.75) is 13.3 Å². The van der Waals surface area contributed by atoms with E-state index in [0.29, 0.717) is 11.6 Å². The van der Waals surface area contributed by atoms with E-state index in [0.717, 1.165) is 66.9 Å². The number of hydrogen-bond acceptors (Lipinski definition) is 6. The summed E-state index contributed by atoms with van der Waals surface area (Å²) in [5, 5.41) is 3.81. The van der Waals surface area contributed by atoms with Crippen molar-refractivity contribution in [3.05, 3.63) is 57.5 Å². The molecule has 0 atom stereocenters. The lowest BCUT2D eigenvalue weighted by Crippen LogP contribution is -2.50. The van der Waals surface area contributed by atoms with E-state index in [1.54, 1.807) is 17.5 Å². The van der Waals surface area contributed by atoms with Crippen LogP contribution in [0.4, 0.5) is 11.5 Å². The quantitative estimate of drug-likeness (QED) is 0.600. The molecule has 2 aliphatic heterocycles. The number of hydrogen-bond donors (Lipinski definition) is 0. The number of piperazine rings is 1. The van der Waals surface area contributed by atoms with Crippen LogP contribution in [0, 0.1) is 6.92 Å². The van der Waals surface area contributed by atoms with E-state index in [1.165, 1.54) is 5.56 Å². The zero-order chi connectivity index (χ0) is 21.4. The normalized spacial score (nSPS) is 16.6. The maximum atomic E-state index is 13.1. The standard InChI is InChI=1S/C23H24ClN5OS/c1-16-26-20(15-31-16)17-2-4-21-18(12-17)6-7-29(21)23(30)14-27-8-10-28(11-9-27)22-5-3-19(24)13-25-22/h2-5,12-13,15H,6-11,14H2,1H3. The molecule has 160 valence electrons. The molecule has 4 heterocycles. The highest BCUT2D eigenvalue weighted by Crippen LogP contribution is 2.33. The largest absolute Gasteiger partial charge is 0.354 e. The fourth-order valence-electron chi connectivity index (χ4n) is 4.28. The molecule has 1 aromatic carbocycles. The van der Waals surface area contributed by atoms with Crippen LogP contribution in [0.15, 0.2) is 41.9 Å². The minimum absolute atomic E-state index is 0.175. The van der Waals surface area contributed by atoms with Gasteiger partial charge in [0.2, 0.25) is 5.91 Å². The number of amides is 1. The van der Waals surface area contributed by atoms with Crippen LogP contribution in [-0.4, -0.2) is 60.0 Å². The number of carbonyl (C=O) groups is 1. The summed E-state index contributed by atoms with van der Waals surface area (Å²) in [6.07, 6.45) is 2.58. The fourth-order valence-corrected chi connectivity index (χ4v) is 5.02. The van der Waals surface area contributed by atoms with Gasteiger partial charge >= 0.3 is 0 Å². The molecule has 0 aliphatic carbocycles. The van der Waals surface area contributed by atoms with E-state index in [9.17, 15) is 4.79 Å². The van der Waals surface area contributed by atoms with Gasteiger partial charge in [-0.25, -0.2) is 9.97 Å². The Balaban J connectivity index is 1.20. The van der Waals surface area contributed by atoms with E-state index in [-0.39, 0.29) is 5.91 Å².